The summed E-state index contributed by atoms with van der Waals surface area (Å²) < 4.78 is 5.40. The molecule has 0 fully saturated rings. The van der Waals surface area contributed by atoms with Gasteiger partial charge in [0.2, 0.25) is 0 Å². The lowest BCUT2D eigenvalue weighted by Gasteiger charge is -2.09. The first-order chi connectivity index (χ1) is 11.5. The molecule has 0 radical (unpaired) electrons. The molecule has 128 valence electrons. The lowest BCUT2D eigenvalue weighted by atomic mass is 10.0. The maximum atomic E-state index is 11.8. The molecular formula is C20H24ClNO2. The highest BCUT2D eigenvalue weighted by Gasteiger charge is 2.03. The van der Waals surface area contributed by atoms with Gasteiger partial charge in [0, 0.05) is 11.6 Å². The van der Waals surface area contributed by atoms with E-state index in [4.69, 9.17) is 16.3 Å². The molecule has 0 saturated heterocycles. The van der Waals surface area contributed by atoms with Crippen molar-refractivity contribution in [2.24, 2.45) is 0 Å². The monoisotopic (exact) mass is 345 g/mol. The molecule has 0 atom stereocenters. The first-order valence-electron chi connectivity index (χ1n) is 8.28. The summed E-state index contributed by atoms with van der Waals surface area (Å²) in [6, 6.07) is 15.7. The van der Waals surface area contributed by atoms with Crippen LogP contribution in [0.15, 0.2) is 48.5 Å². The van der Waals surface area contributed by atoms with Crippen molar-refractivity contribution >= 4 is 17.5 Å². The van der Waals surface area contributed by atoms with Crippen LogP contribution in [0.4, 0.5) is 0 Å². The van der Waals surface area contributed by atoms with Gasteiger partial charge in [0.1, 0.15) is 5.75 Å². The normalized spacial score (nSPS) is 10.7. The predicted octanol–water partition coefficient (Wildman–Crippen LogP) is 4.59. The van der Waals surface area contributed by atoms with E-state index in [1.54, 1.807) is 24.3 Å². The Hall–Kier alpha value is -2.00. The zero-order valence-electron chi connectivity index (χ0n) is 14.2. The van der Waals surface area contributed by atoms with Crippen molar-refractivity contribution in [3.8, 4) is 5.75 Å². The lowest BCUT2D eigenvalue weighted by Crippen LogP contribution is -2.29. The standard InChI is InChI=1S/C20H24ClNO2/c1-15(2)17-10-8-16(9-11-17)5-4-12-22-20(23)14-24-19-7-3-6-18(21)13-19/h3,6-11,13,15H,4-5,12,14H2,1-2H3,(H,22,23). The van der Waals surface area contributed by atoms with Crippen molar-refractivity contribution in [2.45, 2.75) is 32.6 Å². The largest absolute Gasteiger partial charge is 0.484 e. The minimum atomic E-state index is -0.120. The van der Waals surface area contributed by atoms with E-state index in [9.17, 15) is 4.79 Å². The van der Waals surface area contributed by atoms with E-state index in [2.05, 4.69) is 43.4 Å². The molecule has 4 heteroatoms. The third-order valence-electron chi connectivity index (χ3n) is 3.78. The molecule has 0 spiro atoms. The first kappa shape index (κ1) is 18.3. The number of aryl methyl sites for hydroxylation is 1. The van der Waals surface area contributed by atoms with E-state index in [1.807, 2.05) is 0 Å². The van der Waals surface area contributed by atoms with Crippen molar-refractivity contribution < 1.29 is 9.53 Å². The number of halogens is 1. The van der Waals surface area contributed by atoms with Crippen LogP contribution in [0, 0.1) is 0 Å². The van der Waals surface area contributed by atoms with Crippen molar-refractivity contribution in [2.75, 3.05) is 13.2 Å². The van der Waals surface area contributed by atoms with Gasteiger partial charge in [-0.2, -0.15) is 0 Å². The zero-order chi connectivity index (χ0) is 17.4. The third kappa shape index (κ3) is 6.25. The predicted molar refractivity (Wildman–Crippen MR) is 98.8 cm³/mol. The number of amides is 1. The van der Waals surface area contributed by atoms with Crippen LogP contribution in [0.3, 0.4) is 0 Å². The molecule has 2 rings (SSSR count). The van der Waals surface area contributed by atoms with Crippen LogP contribution in [0.25, 0.3) is 0 Å². The molecule has 0 aliphatic carbocycles. The summed E-state index contributed by atoms with van der Waals surface area (Å²) >= 11 is 5.87. The van der Waals surface area contributed by atoms with Gasteiger partial charge in [-0.1, -0.05) is 55.8 Å². The molecular weight excluding hydrogens is 322 g/mol. The van der Waals surface area contributed by atoms with E-state index in [1.165, 1.54) is 11.1 Å². The smallest absolute Gasteiger partial charge is 0.257 e. The lowest BCUT2D eigenvalue weighted by molar-refractivity contribution is -0.123. The Kier molecular flexibility index (Phi) is 7.13. The van der Waals surface area contributed by atoms with Crippen molar-refractivity contribution in [1.82, 2.24) is 5.32 Å². The topological polar surface area (TPSA) is 38.3 Å². The van der Waals surface area contributed by atoms with Crippen LogP contribution in [0.5, 0.6) is 5.75 Å². The number of carbonyl (C=O) groups excluding carboxylic acids is 1. The molecule has 24 heavy (non-hydrogen) atoms. The fraction of sp³-hybridized carbons (Fsp3) is 0.350. The van der Waals surface area contributed by atoms with E-state index in [0.29, 0.717) is 23.2 Å². The van der Waals surface area contributed by atoms with Crippen LogP contribution < -0.4 is 10.1 Å². The van der Waals surface area contributed by atoms with Gasteiger partial charge in [-0.05, 0) is 48.1 Å². The van der Waals surface area contributed by atoms with E-state index in [0.717, 1.165) is 12.8 Å². The minimum absolute atomic E-state index is 0.00340. The van der Waals surface area contributed by atoms with Gasteiger partial charge in [-0.25, -0.2) is 0 Å². The molecule has 0 aliphatic rings. The highest BCUT2D eigenvalue weighted by Crippen LogP contribution is 2.17. The Balaban J connectivity index is 1.64. The number of benzene rings is 2. The number of carbonyl (C=O) groups is 1. The summed E-state index contributed by atoms with van der Waals surface area (Å²) in [6.07, 6.45) is 1.86. The van der Waals surface area contributed by atoms with Gasteiger partial charge in [0.05, 0.1) is 0 Å². The van der Waals surface area contributed by atoms with Crippen LogP contribution in [0.2, 0.25) is 5.02 Å². The Labute approximate surface area is 149 Å². The van der Waals surface area contributed by atoms with E-state index >= 15 is 0 Å². The molecule has 0 bridgehead atoms. The summed E-state index contributed by atoms with van der Waals surface area (Å²) in [6.45, 7) is 5.03. The molecule has 3 nitrogen and oxygen atoms in total. The molecule has 1 N–H and O–H groups in total. The Morgan fingerprint density at radius 2 is 1.92 bits per heavy atom. The highest BCUT2D eigenvalue weighted by molar-refractivity contribution is 6.30. The summed E-state index contributed by atoms with van der Waals surface area (Å²) in [4.78, 5) is 11.8. The third-order valence-corrected chi connectivity index (χ3v) is 4.01. The number of nitrogens with one attached hydrogen (secondary N) is 1. The molecule has 2 aromatic carbocycles. The van der Waals surface area contributed by atoms with Gasteiger partial charge in [0.15, 0.2) is 6.61 Å². The second-order valence-electron chi connectivity index (χ2n) is 6.10. The summed E-state index contributed by atoms with van der Waals surface area (Å²) in [5, 5.41) is 3.46. The first-order valence-corrected chi connectivity index (χ1v) is 8.66. The van der Waals surface area contributed by atoms with Gasteiger partial charge < -0.3 is 10.1 Å². The van der Waals surface area contributed by atoms with Gasteiger partial charge in [0.25, 0.3) is 5.91 Å². The summed E-state index contributed by atoms with van der Waals surface area (Å²) in [5.74, 6) is 1.03. The number of rotatable bonds is 8. The summed E-state index contributed by atoms with van der Waals surface area (Å²) in [5.41, 5.74) is 2.65. The average molecular weight is 346 g/mol. The molecule has 0 aromatic heterocycles. The molecule has 0 heterocycles. The maximum absolute atomic E-state index is 11.8. The highest BCUT2D eigenvalue weighted by atomic mass is 35.5. The minimum Gasteiger partial charge on any atom is -0.484 e. The van der Waals surface area contributed by atoms with Crippen molar-refractivity contribution in [3.05, 3.63) is 64.7 Å². The molecule has 0 aliphatic heterocycles. The quantitative estimate of drug-likeness (QED) is 0.710. The average Bonchev–Trinajstić information content (AvgIpc) is 2.57. The van der Waals surface area contributed by atoms with Crippen molar-refractivity contribution in [1.29, 1.82) is 0 Å². The molecule has 0 unspecified atom stereocenters. The molecule has 0 saturated carbocycles. The van der Waals surface area contributed by atoms with Crippen LogP contribution >= 0.6 is 11.6 Å². The Morgan fingerprint density at radius 1 is 1.17 bits per heavy atom. The van der Waals surface area contributed by atoms with Gasteiger partial charge >= 0.3 is 0 Å². The Morgan fingerprint density at radius 3 is 2.58 bits per heavy atom. The second kappa shape index (κ2) is 9.33. The SMILES string of the molecule is CC(C)c1ccc(CCCNC(=O)COc2cccc(Cl)c2)cc1. The second-order valence-corrected chi connectivity index (χ2v) is 6.53. The number of hydrogen-bond donors (Lipinski definition) is 1. The van der Waals surface area contributed by atoms with Crippen LogP contribution in [0.1, 0.15) is 37.3 Å². The van der Waals surface area contributed by atoms with Crippen molar-refractivity contribution in [3.63, 3.8) is 0 Å². The maximum Gasteiger partial charge on any atom is 0.257 e. The van der Waals surface area contributed by atoms with E-state index < -0.39 is 0 Å². The van der Waals surface area contributed by atoms with E-state index in [-0.39, 0.29) is 12.5 Å². The molecule has 1 amide bonds. The number of hydrogen-bond acceptors (Lipinski definition) is 2. The Bertz CT molecular complexity index is 653. The fourth-order valence-electron chi connectivity index (χ4n) is 2.35. The van der Waals surface area contributed by atoms with Crippen LogP contribution in [-0.4, -0.2) is 19.1 Å². The van der Waals surface area contributed by atoms with Gasteiger partial charge in [-0.15, -0.1) is 0 Å². The number of ether oxygens (including phenoxy) is 1. The zero-order valence-corrected chi connectivity index (χ0v) is 15.0. The summed E-state index contributed by atoms with van der Waals surface area (Å²) in [7, 11) is 0. The van der Waals surface area contributed by atoms with Gasteiger partial charge in [-0.3, -0.25) is 4.79 Å². The van der Waals surface area contributed by atoms with Crippen LogP contribution in [-0.2, 0) is 11.2 Å². The fourth-order valence-corrected chi connectivity index (χ4v) is 2.53. The molecule has 2 aromatic rings.